The van der Waals surface area contributed by atoms with Gasteiger partial charge in [-0.2, -0.15) is 5.26 Å². The normalized spacial score (nSPS) is 11.9. The summed E-state index contributed by atoms with van der Waals surface area (Å²) in [5.74, 6) is 0.344. The Morgan fingerprint density at radius 3 is 2.57 bits per heavy atom. The molecule has 0 radical (unpaired) electrons. The Labute approximate surface area is 122 Å². The van der Waals surface area contributed by atoms with Crippen LogP contribution in [0.25, 0.3) is 22.7 Å². The second-order valence-electron chi connectivity index (χ2n) is 4.45. The van der Waals surface area contributed by atoms with Crippen molar-refractivity contribution in [1.82, 2.24) is 4.98 Å². The summed E-state index contributed by atoms with van der Waals surface area (Å²) in [6, 6.07) is 19.5. The summed E-state index contributed by atoms with van der Waals surface area (Å²) in [5, 5.41) is 9.25. The zero-order valence-corrected chi connectivity index (χ0v) is 11.2. The van der Waals surface area contributed by atoms with Crippen LogP contribution in [-0.2, 0) is 0 Å². The molecule has 0 aliphatic rings. The van der Waals surface area contributed by atoms with Gasteiger partial charge < -0.3 is 4.42 Å². The summed E-state index contributed by atoms with van der Waals surface area (Å²) in [7, 11) is 0. The molecule has 0 unspecified atom stereocenters. The van der Waals surface area contributed by atoms with Crippen molar-refractivity contribution < 1.29 is 4.42 Å². The molecule has 3 heteroatoms. The highest BCUT2D eigenvalue weighted by Crippen LogP contribution is 2.20. The maximum atomic E-state index is 9.25. The van der Waals surface area contributed by atoms with E-state index >= 15 is 0 Å². The van der Waals surface area contributed by atoms with Gasteiger partial charge in [0.15, 0.2) is 5.58 Å². The van der Waals surface area contributed by atoms with Crippen molar-refractivity contribution in [3.63, 3.8) is 0 Å². The van der Waals surface area contributed by atoms with Crippen molar-refractivity contribution in [2.75, 3.05) is 0 Å². The van der Waals surface area contributed by atoms with Gasteiger partial charge in [0.05, 0.1) is 0 Å². The minimum absolute atomic E-state index is 0.344. The summed E-state index contributed by atoms with van der Waals surface area (Å²) >= 11 is 0. The maximum absolute atomic E-state index is 9.25. The number of aromatic nitrogens is 1. The maximum Gasteiger partial charge on any atom is 0.238 e. The van der Waals surface area contributed by atoms with Gasteiger partial charge in [-0.3, -0.25) is 0 Å². The van der Waals surface area contributed by atoms with Crippen LogP contribution in [0, 0.1) is 11.3 Å². The number of para-hydroxylation sites is 2. The van der Waals surface area contributed by atoms with Gasteiger partial charge in [0.25, 0.3) is 0 Å². The zero-order chi connectivity index (χ0) is 14.5. The van der Waals surface area contributed by atoms with Crippen LogP contribution in [0.4, 0.5) is 0 Å². The fraction of sp³-hybridized carbons (Fsp3) is 0. The summed E-state index contributed by atoms with van der Waals surface area (Å²) < 4.78 is 5.59. The Kier molecular flexibility index (Phi) is 3.62. The van der Waals surface area contributed by atoms with Gasteiger partial charge >= 0.3 is 0 Å². The van der Waals surface area contributed by atoms with Crippen LogP contribution in [0.5, 0.6) is 0 Å². The third kappa shape index (κ3) is 2.90. The lowest BCUT2D eigenvalue weighted by Gasteiger charge is -1.90. The summed E-state index contributed by atoms with van der Waals surface area (Å²) in [5.41, 5.74) is 2.91. The first-order valence-electron chi connectivity index (χ1n) is 6.56. The molecule has 0 bridgehead atoms. The van der Waals surface area contributed by atoms with Crippen LogP contribution >= 0.6 is 0 Å². The van der Waals surface area contributed by atoms with Gasteiger partial charge in [0.2, 0.25) is 5.89 Å². The summed E-state index contributed by atoms with van der Waals surface area (Å²) in [6.45, 7) is 0. The molecule has 0 spiro atoms. The average Bonchev–Trinajstić information content (AvgIpc) is 2.96. The average molecular weight is 272 g/mol. The Morgan fingerprint density at radius 1 is 1.05 bits per heavy atom. The molecular weight excluding hydrogens is 260 g/mol. The van der Waals surface area contributed by atoms with Crippen LogP contribution in [0.3, 0.4) is 0 Å². The van der Waals surface area contributed by atoms with Gasteiger partial charge in [-0.15, -0.1) is 0 Å². The predicted molar refractivity (Wildman–Crippen MR) is 83.1 cm³/mol. The van der Waals surface area contributed by atoms with Crippen LogP contribution in [0.2, 0.25) is 0 Å². The highest BCUT2D eigenvalue weighted by atomic mass is 16.3. The molecule has 100 valence electrons. The first kappa shape index (κ1) is 12.9. The number of allylic oxidation sites excluding steroid dienone is 3. The van der Waals surface area contributed by atoms with Crippen LogP contribution < -0.4 is 0 Å². The molecule has 2 aromatic carbocycles. The van der Waals surface area contributed by atoms with Gasteiger partial charge in [0.1, 0.15) is 17.2 Å². The molecule has 21 heavy (non-hydrogen) atoms. The molecule has 3 nitrogen and oxygen atoms in total. The van der Waals surface area contributed by atoms with E-state index in [1.54, 1.807) is 6.08 Å². The Balaban J connectivity index is 1.89. The Hall–Kier alpha value is -3.12. The fourth-order valence-electron chi connectivity index (χ4n) is 1.96. The summed E-state index contributed by atoms with van der Waals surface area (Å²) in [6.07, 6.45) is 5.46. The second-order valence-corrected chi connectivity index (χ2v) is 4.45. The van der Waals surface area contributed by atoms with E-state index in [2.05, 4.69) is 11.1 Å². The van der Waals surface area contributed by atoms with E-state index in [4.69, 9.17) is 4.42 Å². The number of rotatable bonds is 3. The Bertz CT molecular complexity index is 819. The van der Waals surface area contributed by atoms with Crippen molar-refractivity contribution in [3.8, 4) is 6.07 Å². The largest absolute Gasteiger partial charge is 0.435 e. The number of fused-ring (bicyclic) bond motifs is 1. The lowest BCUT2D eigenvalue weighted by Crippen LogP contribution is -1.79. The number of oxazole rings is 1. The first-order chi connectivity index (χ1) is 10.4. The highest BCUT2D eigenvalue weighted by molar-refractivity contribution is 5.80. The van der Waals surface area contributed by atoms with Gasteiger partial charge in [0, 0.05) is 0 Å². The second kappa shape index (κ2) is 5.89. The van der Waals surface area contributed by atoms with Gasteiger partial charge in [-0.1, -0.05) is 54.6 Å². The van der Waals surface area contributed by atoms with E-state index in [0.29, 0.717) is 17.0 Å². The SMILES string of the molecule is N#C/C(=C\C=C\c1ccccc1)c1nc2ccccc2o1. The molecule has 0 aliphatic heterocycles. The number of nitrogens with zero attached hydrogens (tertiary/aromatic N) is 2. The minimum Gasteiger partial charge on any atom is -0.435 e. The number of benzene rings is 2. The van der Waals surface area contributed by atoms with Crippen molar-refractivity contribution in [2.24, 2.45) is 0 Å². The molecular formula is C18H12N2O. The smallest absolute Gasteiger partial charge is 0.238 e. The Morgan fingerprint density at radius 2 is 1.81 bits per heavy atom. The number of hydrogen-bond donors (Lipinski definition) is 0. The van der Waals surface area contributed by atoms with Crippen molar-refractivity contribution >= 4 is 22.7 Å². The van der Waals surface area contributed by atoms with E-state index in [-0.39, 0.29) is 0 Å². The molecule has 0 saturated heterocycles. The quantitative estimate of drug-likeness (QED) is 0.523. The molecule has 0 aliphatic carbocycles. The van der Waals surface area contributed by atoms with E-state index in [9.17, 15) is 5.26 Å². The van der Waals surface area contributed by atoms with Crippen molar-refractivity contribution in [3.05, 3.63) is 78.2 Å². The lowest BCUT2D eigenvalue weighted by atomic mass is 10.2. The van der Waals surface area contributed by atoms with Crippen LogP contribution in [-0.4, -0.2) is 4.98 Å². The molecule has 1 heterocycles. The zero-order valence-electron chi connectivity index (χ0n) is 11.2. The van der Waals surface area contributed by atoms with E-state index in [1.165, 1.54) is 0 Å². The number of hydrogen-bond acceptors (Lipinski definition) is 3. The third-order valence-electron chi connectivity index (χ3n) is 3.00. The summed E-state index contributed by atoms with van der Waals surface area (Å²) in [4.78, 5) is 4.32. The predicted octanol–water partition coefficient (Wildman–Crippen LogP) is 4.45. The molecule has 3 rings (SSSR count). The molecule has 3 aromatic rings. The molecule has 0 N–H and O–H groups in total. The van der Waals surface area contributed by atoms with Gasteiger partial charge in [-0.25, -0.2) is 4.98 Å². The monoisotopic (exact) mass is 272 g/mol. The first-order valence-corrected chi connectivity index (χ1v) is 6.56. The third-order valence-corrected chi connectivity index (χ3v) is 3.00. The van der Waals surface area contributed by atoms with Crippen molar-refractivity contribution in [2.45, 2.75) is 0 Å². The standard InChI is InChI=1S/C18H12N2O/c19-13-15(10-6-9-14-7-2-1-3-8-14)18-20-16-11-4-5-12-17(16)21-18/h1-12H/b9-6+,15-10+. The molecule has 0 fully saturated rings. The van der Waals surface area contributed by atoms with Crippen LogP contribution in [0.15, 0.2) is 71.2 Å². The molecule has 0 amide bonds. The van der Waals surface area contributed by atoms with Crippen molar-refractivity contribution in [1.29, 1.82) is 5.26 Å². The topological polar surface area (TPSA) is 49.8 Å². The highest BCUT2D eigenvalue weighted by Gasteiger charge is 2.08. The minimum atomic E-state index is 0.344. The fourth-order valence-corrected chi connectivity index (χ4v) is 1.96. The van der Waals surface area contributed by atoms with E-state index in [0.717, 1.165) is 11.1 Å². The molecule has 0 saturated carbocycles. The van der Waals surface area contributed by atoms with Crippen LogP contribution in [0.1, 0.15) is 11.5 Å². The number of nitriles is 1. The van der Waals surface area contributed by atoms with E-state index in [1.807, 2.05) is 66.7 Å². The lowest BCUT2D eigenvalue weighted by molar-refractivity contribution is 0.586. The molecule has 1 aromatic heterocycles. The van der Waals surface area contributed by atoms with E-state index < -0.39 is 0 Å². The molecule has 0 atom stereocenters. The van der Waals surface area contributed by atoms with Gasteiger partial charge in [-0.05, 0) is 23.8 Å².